The summed E-state index contributed by atoms with van der Waals surface area (Å²) >= 11 is 0. The summed E-state index contributed by atoms with van der Waals surface area (Å²) in [6, 6.07) is 0. The van der Waals surface area contributed by atoms with Crippen LogP contribution < -0.4 is 0 Å². The molecule has 0 radical (unpaired) electrons. The first kappa shape index (κ1) is 12.1. The van der Waals surface area contributed by atoms with Crippen LogP contribution in [0.25, 0.3) is 0 Å². The van der Waals surface area contributed by atoms with Crippen molar-refractivity contribution in [2.75, 3.05) is 0 Å². The molecule has 86 valence electrons. The Bertz CT molecular complexity index is 327. The predicted molar refractivity (Wildman–Crippen MR) is 62.4 cm³/mol. The van der Waals surface area contributed by atoms with Crippen molar-refractivity contribution in [3.8, 4) is 5.88 Å². The van der Waals surface area contributed by atoms with Crippen molar-refractivity contribution in [2.45, 2.75) is 59.4 Å². The molecule has 1 aromatic heterocycles. The van der Waals surface area contributed by atoms with Gasteiger partial charge in [-0.2, -0.15) is 5.10 Å². The molecule has 0 unspecified atom stereocenters. The largest absolute Gasteiger partial charge is 0.493 e. The molecule has 0 aliphatic carbocycles. The van der Waals surface area contributed by atoms with Crippen molar-refractivity contribution >= 4 is 0 Å². The third-order valence-electron chi connectivity index (χ3n) is 2.55. The molecule has 0 amide bonds. The second kappa shape index (κ2) is 4.69. The molecule has 0 aliphatic heterocycles. The predicted octanol–water partition coefficient (Wildman–Crippen LogP) is 3.25. The third kappa shape index (κ3) is 2.33. The van der Waals surface area contributed by atoms with Crippen LogP contribution in [-0.4, -0.2) is 14.9 Å². The van der Waals surface area contributed by atoms with E-state index in [4.69, 9.17) is 0 Å². The fraction of sp³-hybridized carbons (Fsp3) is 0.750. The van der Waals surface area contributed by atoms with Gasteiger partial charge in [0.1, 0.15) is 0 Å². The lowest BCUT2D eigenvalue weighted by Gasteiger charge is -2.08. The Morgan fingerprint density at radius 1 is 1.20 bits per heavy atom. The van der Waals surface area contributed by atoms with Gasteiger partial charge >= 0.3 is 0 Å². The molecule has 3 heteroatoms. The first-order chi connectivity index (χ1) is 6.99. The second-order valence-electron chi connectivity index (χ2n) is 4.66. The van der Waals surface area contributed by atoms with Crippen LogP contribution in [-0.2, 0) is 6.54 Å². The Morgan fingerprint density at radius 2 is 1.80 bits per heavy atom. The number of nitrogens with zero attached hydrogens (tertiary/aromatic N) is 2. The molecule has 15 heavy (non-hydrogen) atoms. The normalized spacial score (nSPS) is 11.7. The summed E-state index contributed by atoms with van der Waals surface area (Å²) in [5, 5.41) is 14.5. The Labute approximate surface area is 92.1 Å². The summed E-state index contributed by atoms with van der Waals surface area (Å²) in [7, 11) is 0. The Hall–Kier alpha value is -0.990. The summed E-state index contributed by atoms with van der Waals surface area (Å²) in [4.78, 5) is 0. The quantitative estimate of drug-likeness (QED) is 0.828. The van der Waals surface area contributed by atoms with Crippen molar-refractivity contribution < 1.29 is 5.11 Å². The van der Waals surface area contributed by atoms with Gasteiger partial charge in [0.15, 0.2) is 0 Å². The highest BCUT2D eigenvalue weighted by atomic mass is 16.3. The van der Waals surface area contributed by atoms with Crippen LogP contribution in [0.15, 0.2) is 0 Å². The molecule has 0 atom stereocenters. The summed E-state index contributed by atoms with van der Waals surface area (Å²) < 4.78 is 1.73. The highest BCUT2D eigenvalue weighted by Crippen LogP contribution is 2.33. The minimum Gasteiger partial charge on any atom is -0.493 e. The van der Waals surface area contributed by atoms with Crippen molar-refractivity contribution in [2.24, 2.45) is 0 Å². The minimum atomic E-state index is 0.327. The van der Waals surface area contributed by atoms with Crippen LogP contribution >= 0.6 is 0 Å². The minimum absolute atomic E-state index is 0.327. The van der Waals surface area contributed by atoms with Gasteiger partial charge in [-0.1, -0.05) is 34.6 Å². The highest BCUT2D eigenvalue weighted by Gasteiger charge is 2.21. The van der Waals surface area contributed by atoms with Crippen molar-refractivity contribution in [1.82, 2.24) is 9.78 Å². The lowest BCUT2D eigenvalue weighted by molar-refractivity contribution is 0.391. The van der Waals surface area contributed by atoms with Gasteiger partial charge in [-0.3, -0.25) is 0 Å². The number of aromatic hydroxyl groups is 1. The first-order valence-electron chi connectivity index (χ1n) is 5.78. The van der Waals surface area contributed by atoms with Crippen LogP contribution in [0.1, 0.15) is 64.1 Å². The summed E-state index contributed by atoms with van der Waals surface area (Å²) in [6.07, 6.45) is 0.990. The van der Waals surface area contributed by atoms with Gasteiger partial charge in [-0.25, -0.2) is 4.68 Å². The molecule has 0 saturated heterocycles. The highest BCUT2D eigenvalue weighted by molar-refractivity contribution is 5.35. The molecular formula is C12H22N2O. The number of hydrogen-bond acceptors (Lipinski definition) is 2. The zero-order valence-electron chi connectivity index (χ0n) is 10.4. The van der Waals surface area contributed by atoms with E-state index in [0.29, 0.717) is 17.7 Å². The summed E-state index contributed by atoms with van der Waals surface area (Å²) in [5.74, 6) is 1.05. The monoisotopic (exact) mass is 210 g/mol. The van der Waals surface area contributed by atoms with E-state index in [9.17, 15) is 5.11 Å². The zero-order valence-corrected chi connectivity index (χ0v) is 10.4. The third-order valence-corrected chi connectivity index (χ3v) is 2.55. The Morgan fingerprint density at radius 3 is 2.13 bits per heavy atom. The molecule has 0 saturated carbocycles. The smallest absolute Gasteiger partial charge is 0.213 e. The molecule has 1 N–H and O–H groups in total. The molecule has 3 nitrogen and oxygen atoms in total. The topological polar surface area (TPSA) is 38.0 Å². The fourth-order valence-corrected chi connectivity index (χ4v) is 1.83. The summed E-state index contributed by atoms with van der Waals surface area (Å²) in [6.45, 7) is 11.3. The van der Waals surface area contributed by atoms with Gasteiger partial charge in [0.25, 0.3) is 0 Å². The first-order valence-corrected chi connectivity index (χ1v) is 5.78. The molecule has 1 rings (SSSR count). The SMILES string of the molecule is CCCn1nc(C(C)C)c(C(C)C)c1O. The fourth-order valence-electron chi connectivity index (χ4n) is 1.83. The zero-order chi connectivity index (χ0) is 11.6. The lowest BCUT2D eigenvalue weighted by atomic mass is 9.97. The molecule has 0 aliphatic rings. The van der Waals surface area contributed by atoms with Gasteiger partial charge in [0.05, 0.1) is 5.69 Å². The number of aryl methyl sites for hydroxylation is 1. The standard InChI is InChI=1S/C12H22N2O/c1-6-7-14-12(15)10(8(2)3)11(13-14)9(4)5/h8-9,15H,6-7H2,1-5H3. The van der Waals surface area contributed by atoms with Crippen LogP contribution in [0.2, 0.25) is 0 Å². The van der Waals surface area contributed by atoms with E-state index < -0.39 is 0 Å². The average molecular weight is 210 g/mol. The lowest BCUT2D eigenvalue weighted by Crippen LogP contribution is -1.99. The Kier molecular flexibility index (Phi) is 3.77. The molecule has 1 heterocycles. The van der Waals surface area contributed by atoms with Gasteiger partial charge < -0.3 is 5.11 Å². The van der Waals surface area contributed by atoms with E-state index in [0.717, 1.165) is 24.2 Å². The maximum absolute atomic E-state index is 10.1. The Balaban J connectivity index is 3.20. The van der Waals surface area contributed by atoms with Gasteiger partial charge in [0, 0.05) is 12.1 Å². The molecule has 0 aromatic carbocycles. The van der Waals surface area contributed by atoms with Crippen LogP contribution in [0.4, 0.5) is 0 Å². The molecule has 0 fully saturated rings. The molecule has 1 aromatic rings. The van der Waals surface area contributed by atoms with Crippen LogP contribution in [0, 0.1) is 0 Å². The van der Waals surface area contributed by atoms with Gasteiger partial charge in [0.2, 0.25) is 5.88 Å². The van der Waals surface area contributed by atoms with E-state index in [1.165, 1.54) is 0 Å². The van der Waals surface area contributed by atoms with Gasteiger partial charge in [-0.15, -0.1) is 0 Å². The molecular weight excluding hydrogens is 188 g/mol. The molecule has 0 spiro atoms. The number of hydrogen-bond donors (Lipinski definition) is 1. The van der Waals surface area contributed by atoms with E-state index in [-0.39, 0.29) is 0 Å². The number of rotatable bonds is 4. The molecule has 0 bridgehead atoms. The average Bonchev–Trinajstić information content (AvgIpc) is 2.44. The number of aromatic nitrogens is 2. The van der Waals surface area contributed by atoms with Gasteiger partial charge in [-0.05, 0) is 18.3 Å². The van der Waals surface area contributed by atoms with Crippen molar-refractivity contribution in [3.63, 3.8) is 0 Å². The maximum atomic E-state index is 10.1. The van der Waals surface area contributed by atoms with E-state index in [1.54, 1.807) is 4.68 Å². The van der Waals surface area contributed by atoms with E-state index >= 15 is 0 Å². The van der Waals surface area contributed by atoms with Crippen molar-refractivity contribution in [1.29, 1.82) is 0 Å². The second-order valence-corrected chi connectivity index (χ2v) is 4.66. The van der Waals surface area contributed by atoms with E-state index in [1.807, 2.05) is 0 Å². The van der Waals surface area contributed by atoms with E-state index in [2.05, 4.69) is 39.7 Å². The summed E-state index contributed by atoms with van der Waals surface area (Å²) in [5.41, 5.74) is 2.05. The maximum Gasteiger partial charge on any atom is 0.213 e. The van der Waals surface area contributed by atoms with Crippen LogP contribution in [0.3, 0.4) is 0 Å². The van der Waals surface area contributed by atoms with Crippen LogP contribution in [0.5, 0.6) is 5.88 Å². The van der Waals surface area contributed by atoms with Crippen molar-refractivity contribution in [3.05, 3.63) is 11.3 Å².